The van der Waals surface area contributed by atoms with Crippen molar-refractivity contribution in [2.45, 2.75) is 30.3 Å². The van der Waals surface area contributed by atoms with Crippen LogP contribution in [-0.2, 0) is 15.4 Å². The van der Waals surface area contributed by atoms with Crippen molar-refractivity contribution >= 4 is 10.0 Å². The fourth-order valence-electron chi connectivity index (χ4n) is 3.38. The van der Waals surface area contributed by atoms with Crippen molar-refractivity contribution in [2.24, 2.45) is 5.14 Å². The first-order chi connectivity index (χ1) is 13.1. The van der Waals surface area contributed by atoms with Crippen molar-refractivity contribution in [1.29, 1.82) is 0 Å². The minimum absolute atomic E-state index is 0.0286. The molecule has 7 nitrogen and oxygen atoms in total. The smallest absolute Gasteiger partial charge is 0.241 e. The molecule has 0 aliphatic rings. The van der Waals surface area contributed by atoms with Gasteiger partial charge >= 0.3 is 0 Å². The Morgan fingerprint density at radius 2 is 1.93 bits per heavy atom. The lowest BCUT2D eigenvalue weighted by Gasteiger charge is -2.34. The maximum absolute atomic E-state index is 12.1. The maximum Gasteiger partial charge on any atom is 0.241 e. The molecule has 5 N–H and O–H groups in total. The third kappa shape index (κ3) is 4.71. The zero-order chi connectivity index (χ0) is 20.9. The van der Waals surface area contributed by atoms with Crippen LogP contribution in [0.3, 0.4) is 0 Å². The van der Waals surface area contributed by atoms with Crippen LogP contribution in [-0.4, -0.2) is 45.4 Å². The van der Waals surface area contributed by atoms with E-state index in [1.165, 1.54) is 13.2 Å². The molecule has 0 aliphatic heterocycles. The molecule has 0 saturated carbocycles. The van der Waals surface area contributed by atoms with Gasteiger partial charge in [0.25, 0.3) is 0 Å². The Hall–Kier alpha value is -1.97. The summed E-state index contributed by atoms with van der Waals surface area (Å²) in [6, 6.07) is 12.3. The average Bonchev–Trinajstić information content (AvgIpc) is 2.66. The molecule has 0 radical (unpaired) electrons. The van der Waals surface area contributed by atoms with Gasteiger partial charge in [-0.05, 0) is 35.7 Å². The first-order valence-electron chi connectivity index (χ1n) is 8.95. The molecular formula is C20H28N2O5S. The summed E-state index contributed by atoms with van der Waals surface area (Å²) < 4.78 is 29.3. The van der Waals surface area contributed by atoms with Crippen LogP contribution in [0.5, 0.6) is 5.75 Å². The first-order valence-corrected chi connectivity index (χ1v) is 10.5. The zero-order valence-corrected chi connectivity index (χ0v) is 17.2. The van der Waals surface area contributed by atoms with E-state index in [1.54, 1.807) is 19.1 Å². The molecule has 2 rings (SSSR count). The summed E-state index contributed by atoms with van der Waals surface area (Å²) in [5.74, 6) is 0.167. The number of hydrogen-bond donors (Lipinski definition) is 4. The number of hydrogen-bond acceptors (Lipinski definition) is 6. The highest BCUT2D eigenvalue weighted by Gasteiger charge is 2.33. The summed E-state index contributed by atoms with van der Waals surface area (Å²) in [4.78, 5) is -0.101. The number of benzene rings is 2. The Balaban J connectivity index is 2.71. The van der Waals surface area contributed by atoms with Crippen LogP contribution >= 0.6 is 0 Å². The van der Waals surface area contributed by atoms with E-state index in [4.69, 9.17) is 15.0 Å². The number of nitrogens with one attached hydrogen (secondary N) is 1. The lowest BCUT2D eigenvalue weighted by Crippen LogP contribution is -2.39. The molecule has 8 heteroatoms. The number of ether oxygens (including phenoxy) is 1. The Morgan fingerprint density at radius 3 is 2.50 bits per heavy atom. The van der Waals surface area contributed by atoms with Crippen LogP contribution < -0.4 is 15.2 Å². The monoisotopic (exact) mass is 408 g/mol. The van der Waals surface area contributed by atoms with Gasteiger partial charge in [0.2, 0.25) is 10.0 Å². The molecule has 28 heavy (non-hydrogen) atoms. The Labute approximate surface area is 166 Å². The van der Waals surface area contributed by atoms with Crippen LogP contribution in [0.15, 0.2) is 47.4 Å². The molecule has 0 bridgehead atoms. The highest BCUT2D eigenvalue weighted by Crippen LogP contribution is 2.38. The first kappa shape index (κ1) is 22.3. The fourth-order valence-corrected chi connectivity index (χ4v) is 4.10. The average molecular weight is 409 g/mol. The van der Waals surface area contributed by atoms with Gasteiger partial charge in [-0.25, -0.2) is 13.6 Å². The minimum Gasteiger partial charge on any atom is -0.495 e. The molecular weight excluding hydrogens is 380 g/mol. The van der Waals surface area contributed by atoms with Crippen LogP contribution in [0.1, 0.15) is 36.6 Å². The molecule has 0 aromatic heterocycles. The van der Waals surface area contributed by atoms with Gasteiger partial charge in [-0.2, -0.15) is 0 Å². The van der Waals surface area contributed by atoms with E-state index in [1.807, 2.05) is 31.2 Å². The zero-order valence-electron chi connectivity index (χ0n) is 16.3. The fraction of sp³-hybridized carbons (Fsp3) is 0.400. The standard InChI is InChI=1S/C20H28N2O5S/c1-14(24)16-6-4-5-7-17(16)20(2,13-22-10-11-23)15-8-9-18(27-3)19(12-15)28(21,25)26/h4-9,12,14,22-24H,10-11,13H2,1-3H3,(H2,21,25,26). The van der Waals surface area contributed by atoms with E-state index in [0.29, 0.717) is 18.7 Å². The number of aliphatic hydroxyl groups excluding tert-OH is 2. The molecule has 0 aliphatic carbocycles. The molecule has 2 unspecified atom stereocenters. The minimum atomic E-state index is -4.00. The molecule has 0 saturated heterocycles. The predicted molar refractivity (Wildman–Crippen MR) is 108 cm³/mol. The van der Waals surface area contributed by atoms with E-state index in [9.17, 15) is 13.5 Å². The van der Waals surface area contributed by atoms with E-state index in [-0.39, 0.29) is 17.3 Å². The highest BCUT2D eigenvalue weighted by molar-refractivity contribution is 7.89. The number of aliphatic hydroxyl groups is 2. The molecule has 2 atom stereocenters. The highest BCUT2D eigenvalue weighted by atomic mass is 32.2. The normalized spacial score (nSPS) is 15.1. The van der Waals surface area contributed by atoms with E-state index in [0.717, 1.165) is 11.1 Å². The molecule has 0 fully saturated rings. The molecule has 2 aromatic carbocycles. The van der Waals surface area contributed by atoms with Gasteiger partial charge < -0.3 is 20.3 Å². The molecule has 0 amide bonds. The number of rotatable bonds is 9. The van der Waals surface area contributed by atoms with Crippen LogP contribution in [0.25, 0.3) is 0 Å². The maximum atomic E-state index is 12.1. The van der Waals surface area contributed by atoms with Gasteiger partial charge in [0.05, 0.1) is 19.8 Å². The number of nitrogens with two attached hydrogens (primary N) is 1. The summed E-state index contributed by atoms with van der Waals surface area (Å²) in [5.41, 5.74) is 1.58. The lowest BCUT2D eigenvalue weighted by atomic mass is 9.73. The summed E-state index contributed by atoms with van der Waals surface area (Å²) in [5, 5.41) is 28.0. The summed E-state index contributed by atoms with van der Waals surface area (Å²) >= 11 is 0. The number of sulfonamides is 1. The summed E-state index contributed by atoms with van der Waals surface area (Å²) in [7, 11) is -2.61. The predicted octanol–water partition coefficient (Wildman–Crippen LogP) is 1.28. The van der Waals surface area contributed by atoms with Crippen molar-refractivity contribution in [1.82, 2.24) is 5.32 Å². The Kier molecular flexibility index (Phi) is 7.19. The van der Waals surface area contributed by atoms with Gasteiger partial charge in [-0.1, -0.05) is 37.3 Å². The molecule has 2 aromatic rings. The third-order valence-electron chi connectivity index (χ3n) is 4.88. The second kappa shape index (κ2) is 9.02. The SMILES string of the molecule is COc1ccc(C(C)(CNCCO)c2ccccc2C(C)O)cc1S(N)(=O)=O. The van der Waals surface area contributed by atoms with Crippen LogP contribution in [0, 0.1) is 0 Å². The molecule has 154 valence electrons. The van der Waals surface area contributed by atoms with Crippen molar-refractivity contribution in [3.63, 3.8) is 0 Å². The van der Waals surface area contributed by atoms with Gasteiger partial charge in [0, 0.05) is 18.5 Å². The summed E-state index contributed by atoms with van der Waals surface area (Å²) in [6.07, 6.45) is -0.704. The van der Waals surface area contributed by atoms with Crippen molar-refractivity contribution < 1.29 is 23.4 Å². The van der Waals surface area contributed by atoms with Gasteiger partial charge in [0.1, 0.15) is 10.6 Å². The second-order valence-corrected chi connectivity index (χ2v) is 8.44. The largest absolute Gasteiger partial charge is 0.495 e. The number of methoxy groups -OCH3 is 1. The van der Waals surface area contributed by atoms with Gasteiger partial charge in [-0.15, -0.1) is 0 Å². The van der Waals surface area contributed by atoms with Crippen LogP contribution in [0.4, 0.5) is 0 Å². The van der Waals surface area contributed by atoms with Crippen LogP contribution in [0.2, 0.25) is 0 Å². The Morgan fingerprint density at radius 1 is 1.25 bits per heavy atom. The second-order valence-electron chi connectivity index (χ2n) is 6.91. The number of primary sulfonamides is 1. The van der Waals surface area contributed by atoms with E-state index < -0.39 is 21.5 Å². The lowest BCUT2D eigenvalue weighted by molar-refractivity contribution is 0.196. The van der Waals surface area contributed by atoms with Gasteiger partial charge in [0.15, 0.2) is 0 Å². The van der Waals surface area contributed by atoms with Crippen molar-refractivity contribution in [3.05, 3.63) is 59.2 Å². The van der Waals surface area contributed by atoms with Crippen molar-refractivity contribution in [3.8, 4) is 5.75 Å². The summed E-state index contributed by atoms with van der Waals surface area (Å²) in [6.45, 7) is 4.40. The van der Waals surface area contributed by atoms with E-state index in [2.05, 4.69) is 5.32 Å². The Bertz CT molecular complexity index is 915. The van der Waals surface area contributed by atoms with Crippen molar-refractivity contribution in [2.75, 3.05) is 26.8 Å². The quantitative estimate of drug-likeness (QED) is 0.464. The van der Waals surface area contributed by atoms with Gasteiger partial charge in [-0.3, -0.25) is 0 Å². The topological polar surface area (TPSA) is 122 Å². The molecule has 0 heterocycles. The molecule has 0 spiro atoms. The van der Waals surface area contributed by atoms with E-state index >= 15 is 0 Å². The third-order valence-corrected chi connectivity index (χ3v) is 5.81.